The zero-order valence-corrected chi connectivity index (χ0v) is 20.3. The fourth-order valence-corrected chi connectivity index (χ4v) is 4.49. The molecule has 0 saturated heterocycles. The Hall–Kier alpha value is -4.29. The van der Waals surface area contributed by atoms with Gasteiger partial charge in [-0.25, -0.2) is 4.79 Å². The van der Waals surface area contributed by atoms with Crippen molar-refractivity contribution in [1.82, 2.24) is 0 Å². The second-order valence-corrected chi connectivity index (χ2v) is 8.46. The lowest BCUT2D eigenvalue weighted by atomic mass is 9.96. The molecule has 5 rings (SSSR count). The summed E-state index contributed by atoms with van der Waals surface area (Å²) < 4.78 is 22.9. The molecule has 1 aliphatic heterocycles. The number of benzene rings is 4. The van der Waals surface area contributed by atoms with Crippen molar-refractivity contribution in [3.8, 4) is 17.2 Å². The number of hydrogen-bond acceptors (Lipinski definition) is 6. The number of ketones is 1. The molecule has 0 atom stereocenters. The van der Waals surface area contributed by atoms with Gasteiger partial charge in [-0.1, -0.05) is 60.1 Å². The maximum Gasteiger partial charge on any atom is 0.338 e. The Morgan fingerprint density at radius 2 is 1.67 bits per heavy atom. The molecule has 180 valence electrons. The van der Waals surface area contributed by atoms with Gasteiger partial charge >= 0.3 is 5.97 Å². The molecule has 0 aliphatic carbocycles. The lowest BCUT2D eigenvalue weighted by Crippen LogP contribution is -2.08. The summed E-state index contributed by atoms with van der Waals surface area (Å²) in [6.45, 7) is -0.145. The van der Waals surface area contributed by atoms with Crippen LogP contribution in [0.1, 0.15) is 31.8 Å². The number of halogens is 1. The minimum atomic E-state index is -0.503. The van der Waals surface area contributed by atoms with Crippen molar-refractivity contribution in [2.75, 3.05) is 14.2 Å². The zero-order valence-electron chi connectivity index (χ0n) is 19.5. The van der Waals surface area contributed by atoms with Crippen LogP contribution in [0.4, 0.5) is 0 Å². The van der Waals surface area contributed by atoms with E-state index in [4.69, 9.17) is 30.5 Å². The van der Waals surface area contributed by atoms with Crippen LogP contribution in [0.25, 0.3) is 16.8 Å². The van der Waals surface area contributed by atoms with E-state index >= 15 is 0 Å². The molecular weight excluding hydrogens is 480 g/mol. The van der Waals surface area contributed by atoms with Gasteiger partial charge in [0.1, 0.15) is 18.1 Å². The topological polar surface area (TPSA) is 71.1 Å². The van der Waals surface area contributed by atoms with E-state index in [0.717, 1.165) is 5.56 Å². The Bertz CT molecular complexity index is 1510. The number of hydrogen-bond donors (Lipinski definition) is 0. The molecule has 4 aromatic rings. The number of allylic oxidation sites excluding steroid dienone is 1. The van der Waals surface area contributed by atoms with E-state index < -0.39 is 5.97 Å². The lowest BCUT2D eigenvalue weighted by Gasteiger charge is -2.16. The van der Waals surface area contributed by atoms with Gasteiger partial charge in [-0.05, 0) is 29.8 Å². The van der Waals surface area contributed by atoms with Crippen molar-refractivity contribution in [3.05, 3.63) is 106 Å². The smallest absolute Gasteiger partial charge is 0.338 e. The maximum absolute atomic E-state index is 13.6. The van der Waals surface area contributed by atoms with Gasteiger partial charge < -0.3 is 18.9 Å². The van der Waals surface area contributed by atoms with Crippen LogP contribution < -0.4 is 14.2 Å². The molecule has 7 heteroatoms. The third kappa shape index (κ3) is 4.16. The minimum absolute atomic E-state index is 0.139. The molecule has 0 N–H and O–H groups in total. The highest BCUT2D eigenvalue weighted by molar-refractivity contribution is 6.34. The van der Waals surface area contributed by atoms with Crippen molar-refractivity contribution in [3.63, 3.8) is 0 Å². The summed E-state index contributed by atoms with van der Waals surface area (Å²) in [6, 6.07) is 21.4. The number of carbonyl (C=O) groups is 2. The average molecular weight is 501 g/mol. The van der Waals surface area contributed by atoms with Crippen LogP contribution in [0, 0.1) is 0 Å². The summed E-state index contributed by atoms with van der Waals surface area (Å²) in [4.78, 5) is 26.2. The van der Waals surface area contributed by atoms with Crippen LogP contribution in [0.2, 0.25) is 5.02 Å². The third-order valence-electron chi connectivity index (χ3n) is 5.88. The number of ether oxygens (including phenoxy) is 4. The van der Waals surface area contributed by atoms with Crippen LogP contribution in [-0.2, 0) is 11.3 Å². The number of Topliss-reactive ketones (excluding diaryl/α,β-unsaturated/α-hetero) is 1. The van der Waals surface area contributed by atoms with Gasteiger partial charge in [-0.15, -0.1) is 0 Å². The second-order valence-electron chi connectivity index (χ2n) is 8.05. The van der Waals surface area contributed by atoms with Gasteiger partial charge in [0.2, 0.25) is 5.78 Å². The van der Waals surface area contributed by atoms with Gasteiger partial charge in [0.05, 0.1) is 35.8 Å². The second kappa shape index (κ2) is 9.76. The Morgan fingerprint density at radius 3 is 2.33 bits per heavy atom. The first-order valence-corrected chi connectivity index (χ1v) is 11.5. The van der Waals surface area contributed by atoms with Gasteiger partial charge in [0, 0.05) is 17.0 Å². The first-order valence-electron chi connectivity index (χ1n) is 11.1. The number of esters is 1. The molecule has 0 saturated carbocycles. The van der Waals surface area contributed by atoms with E-state index in [9.17, 15) is 9.59 Å². The molecule has 0 radical (unpaired) electrons. The molecule has 1 heterocycles. The maximum atomic E-state index is 13.6. The van der Waals surface area contributed by atoms with Crippen LogP contribution in [0.15, 0.2) is 78.6 Å². The van der Waals surface area contributed by atoms with E-state index in [1.165, 1.54) is 14.2 Å². The first kappa shape index (κ1) is 23.5. The quantitative estimate of drug-likeness (QED) is 0.223. The standard InChI is InChI=1S/C29H21ClO6/c1-33-22-15-21(30)27(34-2)25-20(22)14-19(16-35-29(32)18-11-7-4-8-12-18)24-26(31)23(36-28(24)25)13-17-9-5-3-6-10-17/h3-15H,16H2,1-2H3/b23-13+. The van der Waals surface area contributed by atoms with E-state index in [0.29, 0.717) is 38.4 Å². The molecule has 0 unspecified atom stereocenters. The molecular formula is C29H21ClO6. The predicted octanol–water partition coefficient (Wildman–Crippen LogP) is 6.48. The molecule has 0 bridgehead atoms. The highest BCUT2D eigenvalue weighted by atomic mass is 35.5. The average Bonchev–Trinajstić information content (AvgIpc) is 3.23. The van der Waals surface area contributed by atoms with Gasteiger partial charge in [0.15, 0.2) is 11.5 Å². The molecule has 0 fully saturated rings. The number of fused-ring (bicyclic) bond motifs is 3. The van der Waals surface area contributed by atoms with Crippen LogP contribution in [0.3, 0.4) is 0 Å². The van der Waals surface area contributed by atoms with Gasteiger partial charge in [-0.3, -0.25) is 4.79 Å². The normalized spacial score (nSPS) is 13.4. The highest BCUT2D eigenvalue weighted by Gasteiger charge is 2.35. The summed E-state index contributed by atoms with van der Waals surface area (Å²) in [5, 5.41) is 1.42. The predicted molar refractivity (Wildman–Crippen MR) is 137 cm³/mol. The Kier molecular flexibility index (Phi) is 6.36. The van der Waals surface area contributed by atoms with Crippen molar-refractivity contribution in [2.24, 2.45) is 0 Å². The lowest BCUT2D eigenvalue weighted by molar-refractivity contribution is 0.0471. The molecule has 0 amide bonds. The van der Waals surface area contributed by atoms with E-state index in [-0.39, 0.29) is 29.5 Å². The molecule has 1 aliphatic rings. The summed E-state index contributed by atoms with van der Waals surface area (Å²) >= 11 is 6.47. The Labute approximate surface area is 212 Å². The van der Waals surface area contributed by atoms with Crippen LogP contribution >= 0.6 is 11.6 Å². The van der Waals surface area contributed by atoms with Crippen molar-refractivity contribution in [2.45, 2.75) is 6.61 Å². The van der Waals surface area contributed by atoms with Crippen LogP contribution in [0.5, 0.6) is 17.2 Å². The summed E-state index contributed by atoms with van der Waals surface area (Å²) in [6.07, 6.45) is 1.67. The fourth-order valence-electron chi connectivity index (χ4n) is 4.22. The summed E-state index contributed by atoms with van der Waals surface area (Å²) in [5.41, 5.74) is 1.98. The minimum Gasteiger partial charge on any atom is -0.496 e. The molecule has 0 aromatic heterocycles. The molecule has 36 heavy (non-hydrogen) atoms. The molecule has 0 spiro atoms. The molecule has 6 nitrogen and oxygen atoms in total. The fraction of sp³-hybridized carbons (Fsp3) is 0.103. The SMILES string of the molecule is COc1cc(Cl)c(OC)c2c3c(c(COC(=O)c4ccccc4)cc12)C(=O)/C(=C\c1ccccc1)O3. The van der Waals surface area contributed by atoms with Crippen molar-refractivity contribution >= 4 is 40.2 Å². The van der Waals surface area contributed by atoms with Gasteiger partial charge in [0.25, 0.3) is 0 Å². The van der Waals surface area contributed by atoms with E-state index in [1.807, 2.05) is 36.4 Å². The van der Waals surface area contributed by atoms with E-state index in [2.05, 4.69) is 0 Å². The Balaban J connectivity index is 1.67. The summed E-state index contributed by atoms with van der Waals surface area (Å²) in [7, 11) is 3.01. The molecule has 4 aromatic carbocycles. The van der Waals surface area contributed by atoms with E-state index in [1.54, 1.807) is 42.5 Å². The third-order valence-corrected chi connectivity index (χ3v) is 6.16. The monoisotopic (exact) mass is 500 g/mol. The number of methoxy groups -OCH3 is 2. The largest absolute Gasteiger partial charge is 0.496 e. The van der Waals surface area contributed by atoms with Crippen LogP contribution in [-0.4, -0.2) is 26.0 Å². The zero-order chi connectivity index (χ0) is 25.2. The highest BCUT2D eigenvalue weighted by Crippen LogP contribution is 2.50. The summed E-state index contributed by atoms with van der Waals surface area (Å²) in [5.74, 6) is 0.401. The first-order chi connectivity index (χ1) is 17.5. The van der Waals surface area contributed by atoms with Crippen molar-refractivity contribution < 1.29 is 28.5 Å². The number of carbonyl (C=O) groups excluding carboxylic acids is 2. The van der Waals surface area contributed by atoms with Gasteiger partial charge in [-0.2, -0.15) is 0 Å². The Morgan fingerprint density at radius 1 is 0.972 bits per heavy atom. The van der Waals surface area contributed by atoms with Crippen molar-refractivity contribution in [1.29, 1.82) is 0 Å². The number of rotatable bonds is 6.